The van der Waals surface area contributed by atoms with Crippen LogP contribution in [0.4, 0.5) is 20.7 Å². The quantitative estimate of drug-likeness (QED) is 0.552. The highest BCUT2D eigenvalue weighted by atomic mass is 32.2. The summed E-state index contributed by atoms with van der Waals surface area (Å²) in [5.41, 5.74) is 0.729. The van der Waals surface area contributed by atoms with Crippen LogP contribution in [0, 0.1) is 5.82 Å². The number of fused-ring (bicyclic) bond motifs is 1. The molecule has 0 radical (unpaired) electrons. The Morgan fingerprint density at radius 1 is 1.30 bits per heavy atom. The number of halogens is 1. The fourth-order valence-electron chi connectivity index (χ4n) is 3.50. The smallest absolute Gasteiger partial charge is 0.409 e. The summed E-state index contributed by atoms with van der Waals surface area (Å²) < 4.78 is 44.8. The minimum atomic E-state index is -3.51. The Hall–Kier alpha value is -3.25. The molecule has 12 heteroatoms. The van der Waals surface area contributed by atoms with E-state index in [0.717, 1.165) is 18.1 Å². The predicted octanol–water partition coefficient (Wildman–Crippen LogP) is 2.11. The zero-order valence-electron chi connectivity index (χ0n) is 18.5. The summed E-state index contributed by atoms with van der Waals surface area (Å²) in [6, 6.07) is 3.67. The topological polar surface area (TPSA) is 109 Å². The Morgan fingerprint density at radius 2 is 2.06 bits per heavy atom. The predicted molar refractivity (Wildman–Crippen MR) is 120 cm³/mol. The van der Waals surface area contributed by atoms with E-state index in [1.54, 1.807) is 23.5 Å². The van der Waals surface area contributed by atoms with Gasteiger partial charge in [0.2, 0.25) is 0 Å². The Kier molecular flexibility index (Phi) is 6.21. The number of sulfone groups is 1. The summed E-state index contributed by atoms with van der Waals surface area (Å²) in [5, 5.41) is 2.91. The van der Waals surface area contributed by atoms with Gasteiger partial charge in [-0.15, -0.1) is 0 Å². The summed E-state index contributed by atoms with van der Waals surface area (Å²) in [6.45, 7) is 1.98. The molecule has 1 aliphatic heterocycles. The van der Waals surface area contributed by atoms with Gasteiger partial charge in [-0.3, -0.25) is 4.40 Å². The minimum Gasteiger partial charge on any atom is -0.448 e. The second kappa shape index (κ2) is 8.94. The van der Waals surface area contributed by atoms with Crippen LogP contribution in [0.25, 0.3) is 5.52 Å². The minimum absolute atomic E-state index is 0.0370. The lowest BCUT2D eigenvalue weighted by Crippen LogP contribution is -2.49. The molecule has 0 aliphatic carbocycles. The number of hydrogen-bond donors (Lipinski definition) is 1. The fraction of sp³-hybridized carbons (Fsp3) is 0.381. The van der Waals surface area contributed by atoms with Crippen molar-refractivity contribution < 1.29 is 22.3 Å². The highest BCUT2D eigenvalue weighted by molar-refractivity contribution is 7.90. The number of anilines is 2. The lowest BCUT2D eigenvalue weighted by atomic mass is 10.0. The van der Waals surface area contributed by atoms with Gasteiger partial charge in [-0.1, -0.05) is 0 Å². The number of carbonyl (C=O) groups is 1. The Labute approximate surface area is 190 Å². The van der Waals surface area contributed by atoms with Crippen molar-refractivity contribution in [2.24, 2.45) is 0 Å². The number of likely N-dealkylation sites (tertiary alicyclic amines) is 1. The van der Waals surface area contributed by atoms with Crippen molar-refractivity contribution in [2.75, 3.05) is 51.9 Å². The van der Waals surface area contributed by atoms with Crippen molar-refractivity contribution in [1.82, 2.24) is 24.2 Å². The van der Waals surface area contributed by atoms with Crippen LogP contribution in [-0.2, 0) is 14.6 Å². The first kappa shape index (κ1) is 22.9. The molecule has 1 aromatic carbocycles. The molecule has 0 unspecified atom stereocenters. The average Bonchev–Trinajstić information content (AvgIpc) is 3.12. The summed E-state index contributed by atoms with van der Waals surface area (Å²) in [7, 11) is 0.312. The molecule has 1 aliphatic rings. The van der Waals surface area contributed by atoms with Crippen LogP contribution >= 0.6 is 0 Å². The summed E-state index contributed by atoms with van der Waals surface area (Å²) in [5.74, 6) is 0.473. The van der Waals surface area contributed by atoms with Gasteiger partial charge in [0.05, 0.1) is 22.7 Å². The summed E-state index contributed by atoms with van der Waals surface area (Å²) >= 11 is 0. The molecule has 0 bridgehead atoms. The summed E-state index contributed by atoms with van der Waals surface area (Å²) in [6.07, 6.45) is 5.63. The molecular weight excluding hydrogens is 451 g/mol. The monoisotopic (exact) mass is 476 g/mol. The maximum Gasteiger partial charge on any atom is 0.409 e. The van der Waals surface area contributed by atoms with Gasteiger partial charge in [0, 0.05) is 38.3 Å². The van der Waals surface area contributed by atoms with Crippen molar-refractivity contribution in [1.29, 1.82) is 0 Å². The lowest BCUT2D eigenvalue weighted by molar-refractivity contribution is 0.0658. The second-order valence-corrected chi connectivity index (χ2v) is 10.2. The molecule has 1 saturated heterocycles. The maximum atomic E-state index is 14.5. The van der Waals surface area contributed by atoms with Gasteiger partial charge in [0.25, 0.3) is 0 Å². The lowest BCUT2D eigenvalue weighted by Gasteiger charge is -2.37. The number of aromatic nitrogens is 3. The number of benzene rings is 1. The fourth-order valence-corrected chi connectivity index (χ4v) is 4.13. The van der Waals surface area contributed by atoms with Crippen molar-refractivity contribution in [3.63, 3.8) is 0 Å². The van der Waals surface area contributed by atoms with Crippen molar-refractivity contribution in [2.45, 2.75) is 10.8 Å². The molecule has 10 nitrogen and oxygen atoms in total. The van der Waals surface area contributed by atoms with Gasteiger partial charge < -0.3 is 19.9 Å². The first-order chi connectivity index (χ1) is 15.6. The van der Waals surface area contributed by atoms with E-state index in [-0.39, 0.29) is 22.6 Å². The number of ether oxygens (including phenoxy) is 1. The molecule has 3 heterocycles. The Balaban J connectivity index is 1.47. The molecule has 176 valence electrons. The van der Waals surface area contributed by atoms with Gasteiger partial charge in [-0.05, 0) is 32.3 Å². The number of hydrogen-bond acceptors (Lipinski definition) is 8. The van der Waals surface area contributed by atoms with Gasteiger partial charge in [-0.25, -0.2) is 27.6 Å². The van der Waals surface area contributed by atoms with E-state index in [9.17, 15) is 17.6 Å². The second-order valence-electron chi connectivity index (χ2n) is 8.21. The van der Waals surface area contributed by atoms with Crippen LogP contribution < -0.4 is 5.32 Å². The molecule has 0 saturated carbocycles. The maximum absolute atomic E-state index is 14.5. The van der Waals surface area contributed by atoms with E-state index >= 15 is 0 Å². The summed E-state index contributed by atoms with van der Waals surface area (Å²) in [4.78, 5) is 24.4. The highest BCUT2D eigenvalue weighted by Gasteiger charge is 2.35. The van der Waals surface area contributed by atoms with Gasteiger partial charge in [0.1, 0.15) is 23.8 Å². The normalized spacial score (nSPS) is 14.5. The molecule has 1 amide bonds. The zero-order chi connectivity index (χ0) is 23.8. The Morgan fingerprint density at radius 3 is 2.73 bits per heavy atom. The molecule has 1 fully saturated rings. The van der Waals surface area contributed by atoms with Crippen LogP contribution in [0.1, 0.15) is 11.7 Å². The van der Waals surface area contributed by atoms with Crippen LogP contribution in [-0.4, -0.2) is 85.3 Å². The largest absolute Gasteiger partial charge is 0.448 e. The van der Waals surface area contributed by atoms with E-state index < -0.39 is 15.7 Å². The number of carbonyl (C=O) groups excluding carboxylic acids is 1. The molecule has 2 aromatic heterocycles. The molecule has 3 aromatic rings. The number of nitrogens with zero attached hydrogens (tertiary/aromatic N) is 5. The third-order valence-corrected chi connectivity index (χ3v) is 6.49. The van der Waals surface area contributed by atoms with E-state index in [1.165, 1.54) is 12.1 Å². The molecule has 0 atom stereocenters. The van der Waals surface area contributed by atoms with Crippen molar-refractivity contribution in [3.05, 3.63) is 48.4 Å². The van der Waals surface area contributed by atoms with E-state index in [2.05, 4.69) is 15.3 Å². The van der Waals surface area contributed by atoms with Crippen molar-refractivity contribution in [3.8, 4) is 0 Å². The van der Waals surface area contributed by atoms with Crippen LogP contribution in [0.3, 0.4) is 0 Å². The average molecular weight is 477 g/mol. The third-order valence-electron chi connectivity index (χ3n) is 5.38. The zero-order valence-corrected chi connectivity index (χ0v) is 19.3. The van der Waals surface area contributed by atoms with E-state index in [1.807, 2.05) is 23.4 Å². The highest BCUT2D eigenvalue weighted by Crippen LogP contribution is 2.30. The van der Waals surface area contributed by atoms with Gasteiger partial charge >= 0.3 is 6.09 Å². The number of nitrogens with one attached hydrogen (secondary N) is 1. The molecule has 0 spiro atoms. The van der Waals surface area contributed by atoms with Crippen molar-refractivity contribution >= 4 is 33.0 Å². The number of likely N-dealkylation sites (N-methyl/N-ethyl adjacent to an activating group) is 1. The molecule has 1 N–H and O–H groups in total. The van der Waals surface area contributed by atoms with E-state index in [0.29, 0.717) is 37.6 Å². The van der Waals surface area contributed by atoms with Gasteiger partial charge in [0.15, 0.2) is 15.7 Å². The molecule has 4 rings (SSSR count). The first-order valence-corrected chi connectivity index (χ1v) is 12.2. The standard InChI is InChI=1S/C21H25FN6O4S/c1-26(2)8-9-32-21(29)27-12-14(13-27)20-24-11-18-19(23-6-7-28(18)20)25-17-5-4-15(10-16(17)22)33(3,30)31/h4-7,10-11,14H,8-9,12-13H2,1-3H3,(H,23,25). The third kappa shape index (κ3) is 4.91. The van der Waals surface area contributed by atoms with Gasteiger partial charge in [-0.2, -0.15) is 0 Å². The first-order valence-electron chi connectivity index (χ1n) is 10.3. The van der Waals surface area contributed by atoms with Crippen LogP contribution in [0.15, 0.2) is 41.7 Å². The number of amides is 1. The molecular formula is C21H25FN6O4S. The van der Waals surface area contributed by atoms with Crippen LogP contribution in [0.5, 0.6) is 0 Å². The molecule has 33 heavy (non-hydrogen) atoms. The number of imidazole rings is 1. The SMILES string of the molecule is CN(C)CCOC(=O)N1CC(c2ncc3c(Nc4ccc(S(C)(=O)=O)cc4F)nccn23)C1. The Bertz CT molecular complexity index is 1290. The van der Waals surface area contributed by atoms with E-state index in [4.69, 9.17) is 4.74 Å². The number of rotatable bonds is 7. The van der Waals surface area contributed by atoms with Crippen LogP contribution in [0.2, 0.25) is 0 Å².